The zero-order valence-corrected chi connectivity index (χ0v) is 6.33. The van der Waals surface area contributed by atoms with E-state index in [0.29, 0.717) is 6.42 Å². The first-order valence-electron chi connectivity index (χ1n) is 3.57. The smallest absolute Gasteiger partial charge is 0.309 e. The second kappa shape index (κ2) is 3.37. The molecule has 0 N–H and O–H groups in total. The molecule has 0 spiro atoms. The summed E-state index contributed by atoms with van der Waals surface area (Å²) in [4.78, 5) is 21.2. The number of rotatable bonds is 2. The molecule has 11 heavy (non-hydrogen) atoms. The fourth-order valence-corrected chi connectivity index (χ4v) is 0.835. The number of carbonyl (C=O) groups is 2. The molecule has 0 saturated carbocycles. The molecule has 1 fully saturated rings. The van der Waals surface area contributed by atoms with Gasteiger partial charge in [0.15, 0.2) is 0 Å². The van der Waals surface area contributed by atoms with Crippen LogP contribution in [0.1, 0.15) is 19.8 Å². The molecule has 1 atom stereocenters. The lowest BCUT2D eigenvalue weighted by molar-refractivity contribution is -0.148. The van der Waals surface area contributed by atoms with Crippen LogP contribution in [-0.2, 0) is 19.1 Å². The highest BCUT2D eigenvalue weighted by Gasteiger charge is 2.26. The fourth-order valence-electron chi connectivity index (χ4n) is 0.835. The van der Waals surface area contributed by atoms with Gasteiger partial charge in [-0.1, -0.05) is 6.92 Å². The molecular formula is C7H10O4. The second-order valence-electron chi connectivity index (χ2n) is 2.35. The second-order valence-corrected chi connectivity index (χ2v) is 2.35. The summed E-state index contributed by atoms with van der Waals surface area (Å²) in [5.74, 6) is -0.577. The average molecular weight is 158 g/mol. The lowest BCUT2D eigenvalue weighted by Gasteiger charge is -2.06. The van der Waals surface area contributed by atoms with Crippen molar-refractivity contribution in [1.29, 1.82) is 0 Å². The van der Waals surface area contributed by atoms with Crippen molar-refractivity contribution >= 4 is 11.9 Å². The molecule has 1 unspecified atom stereocenters. The van der Waals surface area contributed by atoms with E-state index in [1.165, 1.54) is 0 Å². The minimum Gasteiger partial charge on any atom is -0.462 e. The molecule has 0 aromatic heterocycles. The van der Waals surface area contributed by atoms with Crippen LogP contribution < -0.4 is 0 Å². The number of hydrogen-bond donors (Lipinski definition) is 0. The molecule has 0 aromatic rings. The molecule has 1 aliphatic rings. The maximum absolute atomic E-state index is 10.7. The van der Waals surface area contributed by atoms with Crippen LogP contribution >= 0.6 is 0 Å². The Hall–Kier alpha value is -1.06. The van der Waals surface area contributed by atoms with E-state index in [4.69, 9.17) is 4.74 Å². The standard InChI is InChI=1S/C7H10O4/c1-2-6(8)11-5-3-7(9)10-4-5/h5H,2-4H2,1H3. The molecule has 0 amide bonds. The molecule has 1 rings (SSSR count). The first kappa shape index (κ1) is 8.04. The summed E-state index contributed by atoms with van der Waals surface area (Å²) < 4.78 is 9.44. The maximum atomic E-state index is 10.7. The highest BCUT2D eigenvalue weighted by atomic mass is 16.6. The van der Waals surface area contributed by atoms with Crippen LogP contribution in [0.25, 0.3) is 0 Å². The van der Waals surface area contributed by atoms with Crippen molar-refractivity contribution in [2.75, 3.05) is 6.61 Å². The van der Waals surface area contributed by atoms with E-state index in [1.807, 2.05) is 0 Å². The topological polar surface area (TPSA) is 52.6 Å². The van der Waals surface area contributed by atoms with Crippen molar-refractivity contribution in [2.45, 2.75) is 25.9 Å². The van der Waals surface area contributed by atoms with Gasteiger partial charge in [-0.25, -0.2) is 0 Å². The lowest BCUT2D eigenvalue weighted by atomic mass is 10.3. The van der Waals surface area contributed by atoms with Gasteiger partial charge in [-0.15, -0.1) is 0 Å². The van der Waals surface area contributed by atoms with Gasteiger partial charge < -0.3 is 9.47 Å². The molecule has 1 aliphatic heterocycles. The van der Waals surface area contributed by atoms with Gasteiger partial charge in [0.25, 0.3) is 0 Å². The minimum absolute atomic E-state index is 0.200. The Bertz CT molecular complexity index is 175. The van der Waals surface area contributed by atoms with Gasteiger partial charge in [-0.2, -0.15) is 0 Å². The van der Waals surface area contributed by atoms with Crippen molar-refractivity contribution in [3.63, 3.8) is 0 Å². The normalized spacial score (nSPS) is 23.0. The molecule has 4 heteroatoms. The van der Waals surface area contributed by atoms with Gasteiger partial charge in [-0.05, 0) is 0 Å². The Morgan fingerprint density at radius 2 is 2.55 bits per heavy atom. The molecule has 0 aliphatic carbocycles. The number of esters is 2. The highest BCUT2D eigenvalue weighted by molar-refractivity contribution is 5.74. The quantitative estimate of drug-likeness (QED) is 0.541. The summed E-state index contributed by atoms with van der Waals surface area (Å²) in [5, 5.41) is 0. The van der Waals surface area contributed by atoms with E-state index in [1.54, 1.807) is 6.92 Å². The first-order chi connectivity index (χ1) is 5.22. The van der Waals surface area contributed by atoms with Crippen LogP contribution in [0.15, 0.2) is 0 Å². The fraction of sp³-hybridized carbons (Fsp3) is 0.714. The molecule has 0 aromatic carbocycles. The summed E-state index contributed by atoms with van der Waals surface area (Å²) >= 11 is 0. The summed E-state index contributed by atoms with van der Waals surface area (Å²) in [7, 11) is 0. The van der Waals surface area contributed by atoms with Gasteiger partial charge in [-0.3, -0.25) is 9.59 Å². The lowest BCUT2D eigenvalue weighted by Crippen LogP contribution is -2.17. The summed E-state index contributed by atoms with van der Waals surface area (Å²) in [5.41, 5.74) is 0. The third-order valence-electron chi connectivity index (χ3n) is 1.41. The van der Waals surface area contributed by atoms with Crippen molar-refractivity contribution in [1.82, 2.24) is 0 Å². The van der Waals surface area contributed by atoms with E-state index >= 15 is 0 Å². The van der Waals surface area contributed by atoms with Gasteiger partial charge in [0, 0.05) is 6.42 Å². The van der Waals surface area contributed by atoms with Crippen LogP contribution in [0.5, 0.6) is 0 Å². The van der Waals surface area contributed by atoms with Gasteiger partial charge >= 0.3 is 11.9 Å². The summed E-state index contributed by atoms with van der Waals surface area (Å²) in [6.45, 7) is 1.92. The average Bonchev–Trinajstić information content (AvgIpc) is 2.35. The number of hydrogen-bond acceptors (Lipinski definition) is 4. The zero-order valence-electron chi connectivity index (χ0n) is 6.33. The number of cyclic esters (lactones) is 1. The van der Waals surface area contributed by atoms with Crippen LogP contribution in [0.3, 0.4) is 0 Å². The van der Waals surface area contributed by atoms with Crippen LogP contribution in [0, 0.1) is 0 Å². The molecular weight excluding hydrogens is 148 g/mol. The molecule has 0 bridgehead atoms. The Balaban J connectivity index is 2.28. The Morgan fingerprint density at radius 1 is 1.82 bits per heavy atom. The van der Waals surface area contributed by atoms with Gasteiger partial charge in [0.1, 0.15) is 12.7 Å². The molecule has 1 saturated heterocycles. The van der Waals surface area contributed by atoms with Gasteiger partial charge in [0.05, 0.1) is 6.42 Å². The van der Waals surface area contributed by atoms with E-state index in [0.717, 1.165) is 0 Å². The van der Waals surface area contributed by atoms with Crippen molar-refractivity contribution in [3.05, 3.63) is 0 Å². The summed E-state index contributed by atoms with van der Waals surface area (Å²) in [6.07, 6.45) is 0.186. The third kappa shape index (κ3) is 2.22. The van der Waals surface area contributed by atoms with Crippen molar-refractivity contribution in [2.24, 2.45) is 0 Å². The third-order valence-corrected chi connectivity index (χ3v) is 1.41. The molecule has 62 valence electrons. The highest BCUT2D eigenvalue weighted by Crippen LogP contribution is 2.10. The SMILES string of the molecule is CCC(=O)OC1COC(=O)C1. The van der Waals surface area contributed by atoms with Crippen LogP contribution in [0.4, 0.5) is 0 Å². The molecule has 4 nitrogen and oxygen atoms in total. The van der Waals surface area contributed by atoms with Crippen LogP contribution in [0.2, 0.25) is 0 Å². The summed E-state index contributed by atoms with van der Waals surface area (Å²) in [6, 6.07) is 0. The first-order valence-corrected chi connectivity index (χ1v) is 3.57. The Morgan fingerprint density at radius 3 is 3.00 bits per heavy atom. The zero-order chi connectivity index (χ0) is 8.27. The number of ether oxygens (including phenoxy) is 2. The predicted octanol–water partition coefficient (Wildman–Crippen LogP) is 0.255. The molecule has 0 radical (unpaired) electrons. The van der Waals surface area contributed by atoms with Gasteiger partial charge in [0.2, 0.25) is 0 Å². The maximum Gasteiger partial charge on any atom is 0.309 e. The van der Waals surface area contributed by atoms with E-state index in [9.17, 15) is 9.59 Å². The predicted molar refractivity (Wildman–Crippen MR) is 35.7 cm³/mol. The van der Waals surface area contributed by atoms with Crippen molar-refractivity contribution in [3.8, 4) is 0 Å². The van der Waals surface area contributed by atoms with E-state index < -0.39 is 0 Å². The van der Waals surface area contributed by atoms with Crippen molar-refractivity contribution < 1.29 is 19.1 Å². The minimum atomic E-state index is -0.352. The van der Waals surface area contributed by atoms with Crippen LogP contribution in [-0.4, -0.2) is 24.6 Å². The molecule has 1 heterocycles. The monoisotopic (exact) mass is 158 g/mol. The Labute approximate surface area is 64.5 Å². The number of carbonyl (C=O) groups excluding carboxylic acids is 2. The Kier molecular flexibility index (Phi) is 2.46. The van der Waals surface area contributed by atoms with E-state index in [-0.39, 0.29) is 31.1 Å². The largest absolute Gasteiger partial charge is 0.462 e. The van der Waals surface area contributed by atoms with E-state index in [2.05, 4.69) is 4.74 Å².